The van der Waals surface area contributed by atoms with Gasteiger partial charge in [-0.2, -0.15) is 4.31 Å². The Bertz CT molecular complexity index is 719. The molecule has 1 fully saturated rings. The van der Waals surface area contributed by atoms with Gasteiger partial charge in [0.15, 0.2) is 0 Å². The number of benzene rings is 1. The summed E-state index contributed by atoms with van der Waals surface area (Å²) in [6, 6.07) is 3.39. The van der Waals surface area contributed by atoms with Crippen LogP contribution in [0.1, 0.15) is 45.4 Å². The Kier molecular flexibility index (Phi) is 7.85. The monoisotopic (exact) mass is 404 g/mol. The number of unbranched alkanes of at least 4 members (excludes halogenated alkanes) is 4. The van der Waals surface area contributed by atoms with Gasteiger partial charge in [-0.05, 0) is 24.6 Å². The number of sulfonamides is 1. The molecule has 1 aromatic carbocycles. The smallest absolute Gasteiger partial charge is 0.243 e. The molecule has 5 nitrogen and oxygen atoms in total. The van der Waals surface area contributed by atoms with Crippen molar-refractivity contribution in [1.82, 2.24) is 9.21 Å². The van der Waals surface area contributed by atoms with E-state index in [0.29, 0.717) is 19.5 Å². The molecule has 0 unspecified atom stereocenters. The molecule has 8 heteroatoms. The fourth-order valence-electron chi connectivity index (χ4n) is 3.00. The fourth-order valence-corrected chi connectivity index (χ4v) is 4.70. The van der Waals surface area contributed by atoms with Crippen molar-refractivity contribution in [3.8, 4) is 0 Å². The third-order valence-corrected chi connectivity index (χ3v) is 6.80. The molecule has 1 heterocycles. The molecular weight excluding hydrogens is 379 g/mol. The van der Waals surface area contributed by atoms with Gasteiger partial charge in [-0.25, -0.2) is 12.8 Å². The summed E-state index contributed by atoms with van der Waals surface area (Å²) in [5.74, 6) is -0.566. The van der Waals surface area contributed by atoms with Crippen molar-refractivity contribution < 1.29 is 17.6 Å². The minimum absolute atomic E-state index is 0.0281. The molecule has 0 saturated carbocycles. The minimum atomic E-state index is -3.73. The molecule has 1 aliphatic heterocycles. The van der Waals surface area contributed by atoms with E-state index in [1.54, 1.807) is 4.90 Å². The Hall–Kier alpha value is -1.18. The van der Waals surface area contributed by atoms with Crippen LogP contribution in [0.15, 0.2) is 23.1 Å². The summed E-state index contributed by atoms with van der Waals surface area (Å²) in [6.45, 7) is 3.38. The highest BCUT2D eigenvalue weighted by Crippen LogP contribution is 2.23. The zero-order valence-electron chi connectivity index (χ0n) is 15.1. The molecule has 0 aliphatic carbocycles. The van der Waals surface area contributed by atoms with Crippen LogP contribution < -0.4 is 0 Å². The Morgan fingerprint density at radius 2 is 1.77 bits per heavy atom. The second-order valence-corrected chi connectivity index (χ2v) is 8.87. The van der Waals surface area contributed by atoms with Gasteiger partial charge in [-0.15, -0.1) is 0 Å². The molecule has 0 atom stereocenters. The summed E-state index contributed by atoms with van der Waals surface area (Å²) >= 11 is 5.69. The van der Waals surface area contributed by atoms with E-state index in [9.17, 15) is 17.6 Å². The van der Waals surface area contributed by atoms with Crippen molar-refractivity contribution in [2.75, 3.05) is 26.2 Å². The van der Waals surface area contributed by atoms with Crippen LogP contribution in [0.4, 0.5) is 4.39 Å². The first-order valence-electron chi connectivity index (χ1n) is 9.09. The third-order valence-electron chi connectivity index (χ3n) is 4.61. The summed E-state index contributed by atoms with van der Waals surface area (Å²) in [5, 5.41) is -0.219. The number of hydrogen-bond acceptors (Lipinski definition) is 3. The van der Waals surface area contributed by atoms with Gasteiger partial charge < -0.3 is 4.90 Å². The van der Waals surface area contributed by atoms with Crippen molar-refractivity contribution in [2.24, 2.45) is 0 Å². The maximum absolute atomic E-state index is 13.3. The molecule has 1 aliphatic rings. The van der Waals surface area contributed by atoms with Gasteiger partial charge in [0.25, 0.3) is 0 Å². The molecule has 0 aromatic heterocycles. The van der Waals surface area contributed by atoms with Crippen LogP contribution in [0.5, 0.6) is 0 Å². The molecule has 0 spiro atoms. The van der Waals surface area contributed by atoms with Gasteiger partial charge in [0.2, 0.25) is 15.9 Å². The van der Waals surface area contributed by atoms with Gasteiger partial charge in [-0.1, -0.05) is 44.2 Å². The number of amides is 1. The van der Waals surface area contributed by atoms with Crippen LogP contribution in [0.25, 0.3) is 0 Å². The normalized spacial score (nSPS) is 16.0. The molecule has 1 saturated heterocycles. The Morgan fingerprint density at radius 1 is 1.12 bits per heavy atom. The van der Waals surface area contributed by atoms with Crippen LogP contribution >= 0.6 is 11.6 Å². The van der Waals surface area contributed by atoms with Crippen molar-refractivity contribution in [3.05, 3.63) is 29.0 Å². The molecular formula is C18H26ClFN2O3S. The number of halogens is 2. The van der Waals surface area contributed by atoms with Crippen molar-refractivity contribution >= 4 is 27.5 Å². The molecule has 1 amide bonds. The van der Waals surface area contributed by atoms with E-state index in [4.69, 9.17) is 11.6 Å². The van der Waals surface area contributed by atoms with Gasteiger partial charge in [-0.3, -0.25) is 4.79 Å². The van der Waals surface area contributed by atoms with E-state index in [-0.39, 0.29) is 28.9 Å². The first-order chi connectivity index (χ1) is 12.4. The molecule has 0 radical (unpaired) electrons. The predicted octanol–water partition coefficient (Wildman–Crippen LogP) is 3.67. The van der Waals surface area contributed by atoms with Gasteiger partial charge in [0.1, 0.15) is 5.82 Å². The van der Waals surface area contributed by atoms with Crippen LogP contribution in [-0.2, 0) is 14.8 Å². The average molecular weight is 405 g/mol. The highest BCUT2D eigenvalue weighted by atomic mass is 35.5. The highest BCUT2D eigenvalue weighted by Gasteiger charge is 2.30. The van der Waals surface area contributed by atoms with Crippen molar-refractivity contribution in [3.63, 3.8) is 0 Å². The third kappa shape index (κ3) is 5.41. The number of hydrogen-bond donors (Lipinski definition) is 0. The zero-order valence-corrected chi connectivity index (χ0v) is 16.7. The van der Waals surface area contributed by atoms with Gasteiger partial charge in [0, 0.05) is 32.6 Å². The quantitative estimate of drug-likeness (QED) is 0.621. The fraction of sp³-hybridized carbons (Fsp3) is 0.611. The lowest BCUT2D eigenvalue weighted by Gasteiger charge is -2.34. The van der Waals surface area contributed by atoms with E-state index in [1.165, 1.54) is 23.2 Å². The highest BCUT2D eigenvalue weighted by molar-refractivity contribution is 7.89. The lowest BCUT2D eigenvalue weighted by molar-refractivity contribution is -0.132. The maximum Gasteiger partial charge on any atom is 0.243 e. The second kappa shape index (κ2) is 9.67. The van der Waals surface area contributed by atoms with E-state index in [0.717, 1.165) is 31.4 Å². The predicted molar refractivity (Wildman–Crippen MR) is 100 cm³/mol. The lowest BCUT2D eigenvalue weighted by atomic mass is 10.1. The van der Waals surface area contributed by atoms with Gasteiger partial charge >= 0.3 is 0 Å². The molecule has 26 heavy (non-hydrogen) atoms. The topological polar surface area (TPSA) is 57.7 Å². The maximum atomic E-state index is 13.3. The first-order valence-corrected chi connectivity index (χ1v) is 10.9. The molecule has 1 aromatic rings. The second-order valence-electron chi connectivity index (χ2n) is 6.53. The SMILES string of the molecule is CCCCCCCC(=O)N1CCN(S(=O)(=O)c2ccc(F)c(Cl)c2)CC1. The number of rotatable bonds is 8. The molecule has 0 bridgehead atoms. The van der Waals surface area contributed by atoms with E-state index in [1.807, 2.05) is 0 Å². The van der Waals surface area contributed by atoms with E-state index in [2.05, 4.69) is 6.92 Å². The molecule has 0 N–H and O–H groups in total. The lowest BCUT2D eigenvalue weighted by Crippen LogP contribution is -2.50. The Labute approximate surface area is 160 Å². The number of carbonyl (C=O) groups is 1. The molecule has 146 valence electrons. The largest absolute Gasteiger partial charge is 0.340 e. The number of nitrogens with zero attached hydrogens (tertiary/aromatic N) is 2. The summed E-state index contributed by atoms with van der Waals surface area (Å²) in [4.78, 5) is 13.9. The standard InChI is InChI=1S/C18H26ClFN2O3S/c1-2-3-4-5-6-7-18(23)21-10-12-22(13-11-21)26(24,25)15-8-9-17(20)16(19)14-15/h8-9,14H,2-7,10-13H2,1H3. The van der Waals surface area contributed by atoms with Crippen LogP contribution in [-0.4, -0.2) is 49.7 Å². The average Bonchev–Trinajstić information content (AvgIpc) is 2.63. The summed E-state index contributed by atoms with van der Waals surface area (Å²) in [6.07, 6.45) is 5.96. The number of carbonyl (C=O) groups excluding carboxylic acids is 1. The first kappa shape index (κ1) is 21.1. The Morgan fingerprint density at radius 3 is 2.38 bits per heavy atom. The number of piperazine rings is 1. The van der Waals surface area contributed by atoms with Crippen LogP contribution in [0.3, 0.4) is 0 Å². The van der Waals surface area contributed by atoms with E-state index >= 15 is 0 Å². The van der Waals surface area contributed by atoms with E-state index < -0.39 is 15.8 Å². The zero-order chi connectivity index (χ0) is 19.2. The van der Waals surface area contributed by atoms with Crippen molar-refractivity contribution in [2.45, 2.75) is 50.3 Å². The Balaban J connectivity index is 1.87. The van der Waals surface area contributed by atoms with Crippen LogP contribution in [0.2, 0.25) is 5.02 Å². The van der Waals surface area contributed by atoms with Crippen LogP contribution in [0, 0.1) is 5.82 Å². The minimum Gasteiger partial charge on any atom is -0.340 e. The van der Waals surface area contributed by atoms with Crippen molar-refractivity contribution in [1.29, 1.82) is 0 Å². The van der Waals surface area contributed by atoms with Gasteiger partial charge in [0.05, 0.1) is 9.92 Å². The summed E-state index contributed by atoms with van der Waals surface area (Å²) in [7, 11) is -3.73. The summed E-state index contributed by atoms with van der Waals surface area (Å²) < 4.78 is 39.9. The summed E-state index contributed by atoms with van der Waals surface area (Å²) in [5.41, 5.74) is 0. The molecule has 2 rings (SSSR count).